The molecule has 0 aliphatic rings. The molecule has 16 nitrogen and oxygen atoms in total. The van der Waals surface area contributed by atoms with Crippen LogP contribution < -0.4 is 4.52 Å². The number of benzene rings is 1. The third-order valence-corrected chi connectivity index (χ3v) is 13.1. The molecule has 3 atom stereocenters. The molecule has 3 unspecified atom stereocenters. The number of hydrogen-bond acceptors (Lipinski definition) is 12. The van der Waals surface area contributed by atoms with Crippen molar-refractivity contribution in [3.8, 4) is 5.75 Å². The number of hydrogen-bond donors (Lipinski definition) is 4. The summed E-state index contributed by atoms with van der Waals surface area (Å²) in [5.74, 6) is 0.661. The van der Waals surface area contributed by atoms with Crippen LogP contribution in [-0.2, 0) is 49.1 Å². The molecule has 0 fully saturated rings. The fourth-order valence-electron chi connectivity index (χ4n) is 3.30. The highest BCUT2D eigenvalue weighted by molar-refractivity contribution is 7.71. The van der Waals surface area contributed by atoms with Gasteiger partial charge in [0.05, 0.1) is 13.2 Å². The standard InChI is InChI=1S/C22H43O16P5/c1-20(2)14-8-6-12-18-32-42(30,33-19-13-7-9-15-21(3)4)38-43(31,34-22-16-10-5-11-17-22)37-41(28,29)36-40(26,27)35-39(23,24)25/h5,10-11,16-17,20-21H,6-9,12-15,18-19H2,1-4H3,(H,26,27)(H,28,29)(H2,23,24,25). The highest BCUT2D eigenvalue weighted by atomic mass is 31.3. The molecule has 0 radical (unpaired) electrons. The zero-order valence-electron chi connectivity index (χ0n) is 24.5. The van der Waals surface area contributed by atoms with Gasteiger partial charge in [-0.05, 0) is 36.8 Å². The number of rotatable bonds is 24. The van der Waals surface area contributed by atoms with Crippen LogP contribution in [-0.4, -0.2) is 32.8 Å². The normalized spacial score (nSPS) is 17.0. The molecule has 252 valence electrons. The first-order chi connectivity index (χ1) is 19.7. The van der Waals surface area contributed by atoms with E-state index in [4.69, 9.17) is 27.7 Å². The van der Waals surface area contributed by atoms with Gasteiger partial charge in [-0.2, -0.15) is 17.2 Å². The maximum atomic E-state index is 13.6. The van der Waals surface area contributed by atoms with Crippen LogP contribution >= 0.6 is 39.1 Å². The van der Waals surface area contributed by atoms with E-state index in [0.29, 0.717) is 37.5 Å². The van der Waals surface area contributed by atoms with Crippen LogP contribution in [0.4, 0.5) is 0 Å². The lowest BCUT2D eigenvalue weighted by Crippen LogP contribution is -2.07. The summed E-state index contributed by atoms with van der Waals surface area (Å²) in [4.78, 5) is 37.0. The molecular weight excluding hydrogens is 675 g/mol. The fraction of sp³-hybridized carbons (Fsp3) is 0.727. The van der Waals surface area contributed by atoms with Crippen LogP contribution in [0.5, 0.6) is 5.75 Å². The minimum Gasteiger partial charge on any atom is -0.403 e. The third-order valence-electron chi connectivity index (χ3n) is 5.13. The molecule has 0 saturated carbocycles. The highest BCUT2D eigenvalue weighted by Crippen LogP contribution is 2.75. The Kier molecular flexibility index (Phi) is 17.8. The first-order valence-corrected chi connectivity index (χ1v) is 21.0. The molecule has 21 heteroatoms. The summed E-state index contributed by atoms with van der Waals surface area (Å²) >= 11 is 0. The topological polar surface area (TPSA) is 231 Å². The first-order valence-electron chi connectivity index (χ1n) is 13.5. The van der Waals surface area contributed by atoms with Gasteiger partial charge in [0.15, 0.2) is 0 Å². The molecule has 0 aliphatic carbocycles. The fourth-order valence-corrected chi connectivity index (χ4v) is 10.4. The van der Waals surface area contributed by atoms with Crippen molar-refractivity contribution in [2.75, 3.05) is 13.2 Å². The first kappa shape index (κ1) is 40.8. The lowest BCUT2D eigenvalue weighted by Gasteiger charge is -2.24. The second kappa shape index (κ2) is 18.8. The summed E-state index contributed by atoms with van der Waals surface area (Å²) in [6.07, 6.45) is 5.77. The zero-order valence-corrected chi connectivity index (χ0v) is 29.0. The van der Waals surface area contributed by atoms with E-state index in [0.717, 1.165) is 25.7 Å². The molecule has 0 amide bonds. The van der Waals surface area contributed by atoms with E-state index >= 15 is 0 Å². The lowest BCUT2D eigenvalue weighted by molar-refractivity contribution is 0.135. The van der Waals surface area contributed by atoms with E-state index < -0.39 is 39.1 Å². The Hall–Kier alpha value is -0.230. The summed E-state index contributed by atoms with van der Waals surface area (Å²) in [7, 11) is -28.2. The van der Waals surface area contributed by atoms with Crippen molar-refractivity contribution >= 4 is 39.1 Å². The van der Waals surface area contributed by atoms with E-state index in [9.17, 15) is 32.6 Å². The van der Waals surface area contributed by atoms with Crippen LogP contribution in [0.15, 0.2) is 30.3 Å². The summed E-state index contributed by atoms with van der Waals surface area (Å²) in [5.41, 5.74) is 0. The Bertz CT molecular complexity index is 1160. The van der Waals surface area contributed by atoms with Crippen molar-refractivity contribution < 1.29 is 73.2 Å². The van der Waals surface area contributed by atoms with Gasteiger partial charge in [-0.25, -0.2) is 22.8 Å². The van der Waals surface area contributed by atoms with Gasteiger partial charge in [0.2, 0.25) is 0 Å². The molecule has 4 N–H and O–H groups in total. The van der Waals surface area contributed by atoms with Crippen LogP contribution in [0.25, 0.3) is 0 Å². The number of phosphoric ester groups is 1. The van der Waals surface area contributed by atoms with E-state index in [2.05, 4.69) is 40.6 Å². The van der Waals surface area contributed by atoms with E-state index in [1.54, 1.807) is 0 Å². The van der Waals surface area contributed by atoms with Crippen LogP contribution in [0.2, 0.25) is 0 Å². The molecule has 0 heterocycles. The van der Waals surface area contributed by atoms with Crippen LogP contribution in [0.1, 0.15) is 79.1 Å². The average Bonchev–Trinajstić information content (AvgIpc) is 2.80. The van der Waals surface area contributed by atoms with Crippen LogP contribution in [0, 0.1) is 11.8 Å². The molecule has 1 rings (SSSR count). The second-order valence-electron chi connectivity index (χ2n) is 10.2. The average molecular weight is 718 g/mol. The molecule has 0 bridgehead atoms. The molecule has 43 heavy (non-hydrogen) atoms. The quantitative estimate of drug-likeness (QED) is 0.0584. The van der Waals surface area contributed by atoms with Gasteiger partial charge in [0.25, 0.3) is 0 Å². The number of phosphoric acid groups is 5. The maximum Gasteiger partial charge on any atom is 0.548 e. The Morgan fingerprint density at radius 3 is 1.49 bits per heavy atom. The predicted molar refractivity (Wildman–Crippen MR) is 157 cm³/mol. The molecule has 0 spiro atoms. The predicted octanol–water partition coefficient (Wildman–Crippen LogP) is 8.11. The Labute approximate surface area is 252 Å². The van der Waals surface area contributed by atoms with E-state index in [1.165, 1.54) is 30.3 Å². The SMILES string of the molecule is CC(C)CCCCCOP(=O)(OCCCCCC(C)C)OP(=O)(Oc1ccccc1)OP(=O)(O)OP(=O)(O)OP(=O)(O)O. The largest absolute Gasteiger partial charge is 0.548 e. The molecular formula is C22H43O16P5. The van der Waals surface area contributed by atoms with Gasteiger partial charge in [0, 0.05) is 0 Å². The Balaban J connectivity index is 3.19. The molecule has 0 saturated heterocycles. The lowest BCUT2D eigenvalue weighted by atomic mass is 10.1. The maximum absolute atomic E-state index is 13.6. The summed E-state index contributed by atoms with van der Waals surface area (Å²) < 4.78 is 95.0. The molecule has 0 aromatic heterocycles. The van der Waals surface area contributed by atoms with Crippen LogP contribution in [0.3, 0.4) is 0 Å². The number of para-hydroxylation sites is 1. The van der Waals surface area contributed by atoms with Crippen molar-refractivity contribution in [3.05, 3.63) is 30.3 Å². The summed E-state index contributed by atoms with van der Waals surface area (Å²) in [5, 5.41) is 0. The van der Waals surface area contributed by atoms with Crippen molar-refractivity contribution in [1.82, 2.24) is 0 Å². The Morgan fingerprint density at radius 1 is 0.581 bits per heavy atom. The van der Waals surface area contributed by atoms with Gasteiger partial charge in [-0.3, -0.25) is 9.05 Å². The monoisotopic (exact) mass is 718 g/mol. The van der Waals surface area contributed by atoms with Crippen molar-refractivity contribution in [2.24, 2.45) is 11.8 Å². The smallest absolute Gasteiger partial charge is 0.403 e. The summed E-state index contributed by atoms with van der Waals surface area (Å²) in [6.45, 7) is 7.88. The highest BCUT2D eigenvalue weighted by Gasteiger charge is 2.50. The summed E-state index contributed by atoms with van der Waals surface area (Å²) in [6, 6.07) is 6.78. The van der Waals surface area contributed by atoms with Crippen molar-refractivity contribution in [1.29, 1.82) is 0 Å². The zero-order chi connectivity index (χ0) is 32.8. The Morgan fingerprint density at radius 2 is 1.05 bits per heavy atom. The molecule has 0 aliphatic heterocycles. The van der Waals surface area contributed by atoms with Crippen molar-refractivity contribution in [2.45, 2.75) is 79.1 Å². The van der Waals surface area contributed by atoms with Gasteiger partial charge >= 0.3 is 39.1 Å². The van der Waals surface area contributed by atoms with Gasteiger partial charge in [-0.1, -0.05) is 84.4 Å². The van der Waals surface area contributed by atoms with E-state index in [1.807, 2.05) is 0 Å². The van der Waals surface area contributed by atoms with Crippen molar-refractivity contribution in [3.63, 3.8) is 0 Å². The minimum absolute atomic E-state index is 0.191. The van der Waals surface area contributed by atoms with E-state index in [-0.39, 0.29) is 19.0 Å². The van der Waals surface area contributed by atoms with Gasteiger partial charge in [-0.15, -0.1) is 0 Å². The second-order valence-corrected chi connectivity index (χ2v) is 18.2. The third kappa shape index (κ3) is 20.5. The van der Waals surface area contributed by atoms with Gasteiger partial charge < -0.3 is 24.1 Å². The molecule has 1 aromatic rings. The minimum atomic E-state index is -6.07. The number of unbranched alkanes of at least 4 members (excludes halogenated alkanes) is 4. The molecule has 1 aromatic carbocycles. The van der Waals surface area contributed by atoms with Gasteiger partial charge in [0.1, 0.15) is 5.75 Å².